The highest BCUT2D eigenvalue weighted by molar-refractivity contribution is 8.00. The molecule has 1 fully saturated rings. The fourth-order valence-electron chi connectivity index (χ4n) is 3.13. The first-order chi connectivity index (χ1) is 14.0. The van der Waals surface area contributed by atoms with Crippen LogP contribution >= 0.6 is 34.7 Å². The average molecular weight is 444 g/mol. The summed E-state index contributed by atoms with van der Waals surface area (Å²) < 4.78 is 0.673. The zero-order valence-corrected chi connectivity index (χ0v) is 17.5. The van der Waals surface area contributed by atoms with Gasteiger partial charge in [0, 0.05) is 10.6 Å². The van der Waals surface area contributed by atoms with E-state index in [0.29, 0.717) is 25.6 Å². The van der Waals surface area contributed by atoms with Gasteiger partial charge in [-0.3, -0.25) is 14.5 Å². The number of carbonyl (C=O) groups excluding carboxylic acids is 2. The van der Waals surface area contributed by atoms with Gasteiger partial charge in [0.2, 0.25) is 5.13 Å². The van der Waals surface area contributed by atoms with Crippen molar-refractivity contribution in [3.63, 3.8) is 0 Å². The van der Waals surface area contributed by atoms with Gasteiger partial charge in [0.05, 0.1) is 11.6 Å². The van der Waals surface area contributed by atoms with Crippen molar-refractivity contribution in [2.75, 3.05) is 11.2 Å². The molecular formula is C20H14ClN3O3S2. The SMILES string of the molecule is CSc1nnc(N2C(=O)C(=O)C(=C(O)c3ccc(Cl)cc3)C2c2ccccc2)s1. The molecule has 2 aromatic carbocycles. The Morgan fingerprint density at radius 2 is 1.79 bits per heavy atom. The van der Waals surface area contributed by atoms with E-state index < -0.39 is 17.7 Å². The van der Waals surface area contributed by atoms with Crippen molar-refractivity contribution in [3.8, 4) is 0 Å². The number of anilines is 1. The number of thioether (sulfide) groups is 1. The van der Waals surface area contributed by atoms with Crippen molar-refractivity contribution in [3.05, 3.63) is 76.3 Å². The summed E-state index contributed by atoms with van der Waals surface area (Å²) in [5, 5.41) is 19.9. The van der Waals surface area contributed by atoms with Crippen molar-refractivity contribution in [2.45, 2.75) is 10.4 Å². The van der Waals surface area contributed by atoms with E-state index in [2.05, 4.69) is 10.2 Å². The summed E-state index contributed by atoms with van der Waals surface area (Å²) in [6, 6.07) is 14.7. The van der Waals surface area contributed by atoms with Gasteiger partial charge in [-0.25, -0.2) is 0 Å². The van der Waals surface area contributed by atoms with E-state index in [1.807, 2.05) is 24.5 Å². The zero-order valence-electron chi connectivity index (χ0n) is 15.1. The molecule has 1 amide bonds. The number of ketones is 1. The first kappa shape index (κ1) is 19.6. The Morgan fingerprint density at radius 1 is 1.10 bits per heavy atom. The lowest BCUT2D eigenvalue weighted by Gasteiger charge is -2.22. The standard InChI is InChI=1S/C20H14ClN3O3S2/c1-28-20-23-22-19(29-20)24-15(11-5-3-2-4-6-11)14(17(26)18(24)27)16(25)12-7-9-13(21)10-8-12/h2-10,15,25H,1H3. The summed E-state index contributed by atoms with van der Waals surface area (Å²) in [4.78, 5) is 27.2. The summed E-state index contributed by atoms with van der Waals surface area (Å²) in [7, 11) is 0. The highest BCUT2D eigenvalue weighted by Crippen LogP contribution is 2.43. The number of nitrogens with zero attached hydrogens (tertiary/aromatic N) is 3. The number of hydrogen-bond acceptors (Lipinski definition) is 7. The predicted octanol–water partition coefficient (Wildman–Crippen LogP) is 4.54. The van der Waals surface area contributed by atoms with E-state index in [-0.39, 0.29) is 11.3 Å². The van der Waals surface area contributed by atoms with Gasteiger partial charge >= 0.3 is 5.91 Å². The molecule has 0 aliphatic carbocycles. The maximum atomic E-state index is 12.9. The minimum absolute atomic E-state index is 0.00410. The molecule has 29 heavy (non-hydrogen) atoms. The van der Waals surface area contributed by atoms with Gasteiger partial charge in [-0.2, -0.15) is 0 Å². The van der Waals surface area contributed by atoms with Crippen LogP contribution in [0.5, 0.6) is 0 Å². The average Bonchev–Trinajstić information content (AvgIpc) is 3.31. The summed E-state index contributed by atoms with van der Waals surface area (Å²) in [5.41, 5.74) is 1.09. The Hall–Kier alpha value is -2.68. The molecule has 146 valence electrons. The molecule has 0 bridgehead atoms. The molecule has 2 heterocycles. The van der Waals surface area contributed by atoms with Crippen molar-refractivity contribution in [1.29, 1.82) is 0 Å². The fourth-order valence-corrected chi connectivity index (χ4v) is 4.54. The van der Waals surface area contributed by atoms with Gasteiger partial charge in [0.25, 0.3) is 5.78 Å². The van der Waals surface area contributed by atoms with Crippen LogP contribution in [0.3, 0.4) is 0 Å². The number of aliphatic hydroxyl groups is 1. The molecule has 0 radical (unpaired) electrons. The summed E-state index contributed by atoms with van der Waals surface area (Å²) >= 11 is 8.55. The maximum Gasteiger partial charge on any atom is 0.301 e. The quantitative estimate of drug-likeness (QED) is 0.209. The van der Waals surface area contributed by atoms with Crippen LogP contribution in [0.2, 0.25) is 5.02 Å². The number of amides is 1. The first-order valence-electron chi connectivity index (χ1n) is 8.50. The number of carbonyl (C=O) groups is 2. The molecule has 3 aromatic rings. The van der Waals surface area contributed by atoms with Gasteiger partial charge in [0.1, 0.15) is 5.76 Å². The third-order valence-corrected chi connectivity index (χ3v) is 6.60. The molecule has 6 nitrogen and oxygen atoms in total. The van der Waals surface area contributed by atoms with Gasteiger partial charge in [-0.15, -0.1) is 10.2 Å². The van der Waals surface area contributed by atoms with Crippen LogP contribution in [0, 0.1) is 0 Å². The number of aromatic nitrogens is 2. The van der Waals surface area contributed by atoms with Crippen molar-refractivity contribution in [2.24, 2.45) is 0 Å². The summed E-state index contributed by atoms with van der Waals surface area (Å²) in [6.07, 6.45) is 1.85. The lowest BCUT2D eigenvalue weighted by atomic mass is 9.95. The topological polar surface area (TPSA) is 83.4 Å². The van der Waals surface area contributed by atoms with Crippen LogP contribution in [0.1, 0.15) is 17.2 Å². The smallest absolute Gasteiger partial charge is 0.301 e. The second-order valence-corrected chi connectivity index (χ2v) is 8.59. The number of halogens is 1. The zero-order chi connectivity index (χ0) is 20.5. The molecule has 4 rings (SSSR count). The summed E-state index contributed by atoms with van der Waals surface area (Å²) in [6.45, 7) is 0. The van der Waals surface area contributed by atoms with E-state index in [1.54, 1.807) is 36.4 Å². The summed E-state index contributed by atoms with van der Waals surface area (Å²) in [5.74, 6) is -1.78. The van der Waals surface area contributed by atoms with Gasteiger partial charge in [0.15, 0.2) is 4.34 Å². The number of rotatable bonds is 4. The van der Waals surface area contributed by atoms with Crippen molar-refractivity contribution in [1.82, 2.24) is 10.2 Å². The Balaban J connectivity index is 1.91. The van der Waals surface area contributed by atoms with Crippen LogP contribution in [0.25, 0.3) is 5.76 Å². The monoisotopic (exact) mass is 443 g/mol. The van der Waals surface area contributed by atoms with E-state index >= 15 is 0 Å². The number of aliphatic hydroxyl groups excluding tert-OH is 1. The molecule has 1 unspecified atom stereocenters. The number of Topliss-reactive ketones (excluding diaryl/α,β-unsaturated/α-hetero) is 1. The second-order valence-electron chi connectivity index (χ2n) is 6.14. The molecule has 1 aliphatic rings. The predicted molar refractivity (Wildman–Crippen MR) is 114 cm³/mol. The van der Waals surface area contributed by atoms with Crippen LogP contribution in [-0.4, -0.2) is 33.3 Å². The van der Waals surface area contributed by atoms with Crippen LogP contribution in [0.4, 0.5) is 5.13 Å². The van der Waals surface area contributed by atoms with E-state index in [4.69, 9.17) is 11.6 Å². The molecule has 0 saturated carbocycles. The van der Waals surface area contributed by atoms with E-state index in [9.17, 15) is 14.7 Å². The largest absolute Gasteiger partial charge is 0.507 e. The molecule has 9 heteroatoms. The number of hydrogen-bond donors (Lipinski definition) is 1. The third-order valence-electron chi connectivity index (χ3n) is 4.45. The Bertz CT molecular complexity index is 1110. The molecule has 0 spiro atoms. The van der Waals surface area contributed by atoms with Gasteiger partial charge in [-0.1, -0.05) is 65.0 Å². The van der Waals surface area contributed by atoms with Crippen molar-refractivity contribution >= 4 is 57.3 Å². The van der Waals surface area contributed by atoms with Crippen molar-refractivity contribution < 1.29 is 14.7 Å². The normalized spacial score (nSPS) is 18.4. The number of benzene rings is 2. The minimum Gasteiger partial charge on any atom is -0.507 e. The highest BCUT2D eigenvalue weighted by Gasteiger charge is 2.48. The Kier molecular flexibility index (Phi) is 5.40. The van der Waals surface area contributed by atoms with Crippen LogP contribution in [0.15, 0.2) is 64.5 Å². The van der Waals surface area contributed by atoms with Gasteiger partial charge in [-0.05, 0) is 36.1 Å². The Morgan fingerprint density at radius 3 is 2.41 bits per heavy atom. The minimum atomic E-state index is -0.811. The highest BCUT2D eigenvalue weighted by atomic mass is 35.5. The van der Waals surface area contributed by atoms with Crippen LogP contribution in [-0.2, 0) is 9.59 Å². The molecule has 1 saturated heterocycles. The molecular weight excluding hydrogens is 430 g/mol. The van der Waals surface area contributed by atoms with E-state index in [0.717, 1.165) is 0 Å². The first-order valence-corrected chi connectivity index (χ1v) is 10.9. The fraction of sp³-hybridized carbons (Fsp3) is 0.100. The third kappa shape index (κ3) is 3.55. The molecule has 1 atom stereocenters. The molecule has 1 N–H and O–H groups in total. The van der Waals surface area contributed by atoms with Gasteiger partial charge < -0.3 is 5.11 Å². The Labute approximate surface area is 179 Å². The lowest BCUT2D eigenvalue weighted by molar-refractivity contribution is -0.132. The lowest BCUT2D eigenvalue weighted by Crippen LogP contribution is -2.29. The van der Waals surface area contributed by atoms with E-state index in [1.165, 1.54) is 28.0 Å². The molecule has 1 aromatic heterocycles. The van der Waals surface area contributed by atoms with Crippen LogP contribution < -0.4 is 4.90 Å². The molecule has 1 aliphatic heterocycles. The second kappa shape index (κ2) is 7.98. The maximum absolute atomic E-state index is 12.9.